The molecule has 7 nitrogen and oxygen atoms in total. The number of carbonyl (C=O) groups is 3. The minimum Gasteiger partial charge on any atom is -0.494 e. The topological polar surface area (TPSA) is 96.5 Å². The van der Waals surface area contributed by atoms with Crippen molar-refractivity contribution in [2.24, 2.45) is 0 Å². The lowest BCUT2D eigenvalue weighted by atomic mass is 10.2. The number of hydrazine groups is 1. The molecule has 2 aromatic rings. The Balaban J connectivity index is 1.66. The number of hydrogen-bond donors (Lipinski definition) is 3. The highest BCUT2D eigenvalue weighted by Crippen LogP contribution is 2.15. The van der Waals surface area contributed by atoms with Crippen LogP contribution in [0.1, 0.15) is 25.3 Å². The Morgan fingerprint density at radius 2 is 1.57 bits per heavy atom. The number of amides is 3. The van der Waals surface area contributed by atoms with Gasteiger partial charge in [-0.05, 0) is 42.8 Å². The van der Waals surface area contributed by atoms with E-state index >= 15 is 0 Å². The van der Waals surface area contributed by atoms with Gasteiger partial charge in [-0.15, -0.1) is 0 Å². The van der Waals surface area contributed by atoms with E-state index in [0.29, 0.717) is 12.3 Å². The maximum atomic E-state index is 11.9. The molecule has 0 fully saturated rings. The first kappa shape index (κ1) is 20.7. The Morgan fingerprint density at radius 1 is 0.893 bits per heavy atom. The Hall–Kier alpha value is -3.61. The van der Waals surface area contributed by atoms with Gasteiger partial charge in [-0.3, -0.25) is 25.2 Å². The molecule has 0 saturated heterocycles. The Bertz CT molecular complexity index is 817. The van der Waals surface area contributed by atoms with Gasteiger partial charge in [-0.2, -0.15) is 0 Å². The summed E-state index contributed by atoms with van der Waals surface area (Å²) in [4.78, 5) is 35.3. The van der Waals surface area contributed by atoms with Gasteiger partial charge in [0.2, 0.25) is 11.8 Å². The van der Waals surface area contributed by atoms with Crippen molar-refractivity contribution in [2.45, 2.75) is 19.8 Å². The number of rotatable bonds is 8. The molecule has 0 atom stereocenters. The van der Waals surface area contributed by atoms with Crippen molar-refractivity contribution in [3.05, 3.63) is 66.2 Å². The average molecular weight is 381 g/mol. The number of benzene rings is 2. The minimum absolute atomic E-state index is 0.00519. The molecule has 0 bridgehead atoms. The second-order valence-electron chi connectivity index (χ2n) is 5.79. The number of hydrogen-bond acceptors (Lipinski definition) is 4. The van der Waals surface area contributed by atoms with E-state index in [1.54, 1.807) is 30.3 Å². The van der Waals surface area contributed by atoms with E-state index < -0.39 is 11.8 Å². The van der Waals surface area contributed by atoms with E-state index in [1.807, 2.05) is 37.3 Å². The highest BCUT2D eigenvalue weighted by molar-refractivity contribution is 5.95. The lowest BCUT2D eigenvalue weighted by molar-refractivity contribution is -0.128. The van der Waals surface area contributed by atoms with E-state index in [2.05, 4.69) is 16.2 Å². The fraction of sp³-hybridized carbons (Fsp3) is 0.190. The summed E-state index contributed by atoms with van der Waals surface area (Å²) in [6.07, 6.45) is 2.89. The lowest BCUT2D eigenvalue weighted by Gasteiger charge is -2.08. The van der Waals surface area contributed by atoms with Crippen LogP contribution in [0.4, 0.5) is 5.69 Å². The quantitative estimate of drug-likeness (QED) is 0.484. The van der Waals surface area contributed by atoms with Crippen LogP contribution < -0.4 is 20.9 Å². The first-order valence-corrected chi connectivity index (χ1v) is 8.91. The zero-order valence-electron chi connectivity index (χ0n) is 15.6. The van der Waals surface area contributed by atoms with Gasteiger partial charge in [0, 0.05) is 24.6 Å². The van der Waals surface area contributed by atoms with Gasteiger partial charge in [0.05, 0.1) is 6.61 Å². The minimum atomic E-state index is -0.462. The van der Waals surface area contributed by atoms with Crippen LogP contribution in [0, 0.1) is 0 Å². The van der Waals surface area contributed by atoms with E-state index in [4.69, 9.17) is 4.74 Å². The third-order valence-electron chi connectivity index (χ3n) is 3.58. The molecule has 0 radical (unpaired) electrons. The van der Waals surface area contributed by atoms with Crippen LogP contribution in [-0.4, -0.2) is 24.3 Å². The molecule has 0 aromatic heterocycles. The van der Waals surface area contributed by atoms with Crippen LogP contribution in [0.5, 0.6) is 5.75 Å². The van der Waals surface area contributed by atoms with Crippen molar-refractivity contribution in [2.75, 3.05) is 11.9 Å². The monoisotopic (exact) mass is 381 g/mol. The molecular formula is C21H23N3O4. The predicted molar refractivity (Wildman–Crippen MR) is 107 cm³/mol. The van der Waals surface area contributed by atoms with Crippen molar-refractivity contribution < 1.29 is 19.1 Å². The van der Waals surface area contributed by atoms with E-state index in [0.717, 1.165) is 11.3 Å². The highest BCUT2D eigenvalue weighted by Gasteiger charge is 2.08. The normalized spacial score (nSPS) is 10.3. The van der Waals surface area contributed by atoms with Gasteiger partial charge < -0.3 is 10.1 Å². The molecule has 0 unspecified atom stereocenters. The first-order valence-electron chi connectivity index (χ1n) is 8.91. The summed E-state index contributed by atoms with van der Waals surface area (Å²) < 4.78 is 5.33. The van der Waals surface area contributed by atoms with E-state index in [9.17, 15) is 14.4 Å². The van der Waals surface area contributed by atoms with Gasteiger partial charge in [0.15, 0.2) is 0 Å². The molecule has 0 aliphatic heterocycles. The van der Waals surface area contributed by atoms with Crippen LogP contribution in [0.3, 0.4) is 0 Å². The van der Waals surface area contributed by atoms with Gasteiger partial charge >= 0.3 is 0 Å². The Morgan fingerprint density at radius 3 is 2.25 bits per heavy atom. The fourth-order valence-electron chi connectivity index (χ4n) is 2.22. The smallest absolute Gasteiger partial charge is 0.262 e. The zero-order valence-corrected chi connectivity index (χ0v) is 15.6. The summed E-state index contributed by atoms with van der Waals surface area (Å²) in [5.41, 5.74) is 6.04. The highest BCUT2D eigenvalue weighted by atomic mass is 16.5. The predicted octanol–water partition coefficient (Wildman–Crippen LogP) is 2.66. The van der Waals surface area contributed by atoms with Crippen LogP contribution in [0.15, 0.2) is 60.7 Å². The summed E-state index contributed by atoms with van der Waals surface area (Å²) >= 11 is 0. The summed E-state index contributed by atoms with van der Waals surface area (Å²) in [5.74, 6) is -0.495. The standard InChI is InChI=1S/C21H23N3O4/c1-2-28-18-11-9-17(10-12-18)22-19(25)14-15-21(27)24-23-20(26)13-8-16-6-4-3-5-7-16/h3-13H,2,14-15H2,1H3,(H,22,25)(H,23,26)(H,24,27)/b13-8+. The third kappa shape index (κ3) is 7.74. The molecule has 0 aliphatic carbocycles. The molecule has 2 rings (SSSR count). The molecule has 3 amide bonds. The van der Waals surface area contributed by atoms with Crippen LogP contribution in [0.25, 0.3) is 6.08 Å². The Kier molecular flexibility index (Phi) is 8.26. The molecule has 7 heteroatoms. The number of carbonyl (C=O) groups excluding carboxylic acids is 3. The van der Waals surface area contributed by atoms with Crippen molar-refractivity contribution in [1.29, 1.82) is 0 Å². The SMILES string of the molecule is CCOc1ccc(NC(=O)CCC(=O)NNC(=O)/C=C/c2ccccc2)cc1. The maximum Gasteiger partial charge on any atom is 0.262 e. The van der Waals surface area contributed by atoms with Crippen molar-refractivity contribution in [3.8, 4) is 5.75 Å². The molecule has 146 valence electrons. The van der Waals surface area contributed by atoms with Crippen LogP contribution in [0.2, 0.25) is 0 Å². The molecule has 3 N–H and O–H groups in total. The second-order valence-corrected chi connectivity index (χ2v) is 5.79. The van der Waals surface area contributed by atoms with Gasteiger partial charge in [-0.1, -0.05) is 30.3 Å². The molecule has 0 aliphatic rings. The fourth-order valence-corrected chi connectivity index (χ4v) is 2.22. The first-order chi connectivity index (χ1) is 13.6. The number of nitrogens with one attached hydrogen (secondary N) is 3. The summed E-state index contributed by atoms with van der Waals surface area (Å²) in [6.45, 7) is 2.46. The summed E-state index contributed by atoms with van der Waals surface area (Å²) in [6, 6.07) is 16.3. The maximum absolute atomic E-state index is 11.9. The lowest BCUT2D eigenvalue weighted by Crippen LogP contribution is -2.41. The molecular weight excluding hydrogens is 358 g/mol. The largest absolute Gasteiger partial charge is 0.494 e. The number of ether oxygens (including phenoxy) is 1. The van der Waals surface area contributed by atoms with Gasteiger partial charge in [-0.25, -0.2) is 0 Å². The summed E-state index contributed by atoms with van der Waals surface area (Å²) in [5, 5.41) is 2.70. The number of anilines is 1. The second kappa shape index (κ2) is 11.2. The van der Waals surface area contributed by atoms with Crippen molar-refractivity contribution >= 4 is 29.5 Å². The molecule has 0 spiro atoms. The molecule has 28 heavy (non-hydrogen) atoms. The zero-order chi connectivity index (χ0) is 20.2. The average Bonchev–Trinajstić information content (AvgIpc) is 2.71. The molecule has 0 heterocycles. The van der Waals surface area contributed by atoms with E-state index in [-0.39, 0.29) is 18.7 Å². The summed E-state index contributed by atoms with van der Waals surface area (Å²) in [7, 11) is 0. The van der Waals surface area contributed by atoms with Crippen LogP contribution >= 0.6 is 0 Å². The van der Waals surface area contributed by atoms with Crippen molar-refractivity contribution in [1.82, 2.24) is 10.9 Å². The van der Waals surface area contributed by atoms with Crippen LogP contribution in [-0.2, 0) is 14.4 Å². The van der Waals surface area contributed by atoms with Gasteiger partial charge in [0.25, 0.3) is 5.91 Å². The van der Waals surface area contributed by atoms with Gasteiger partial charge in [0.1, 0.15) is 5.75 Å². The van der Waals surface area contributed by atoms with Crippen molar-refractivity contribution in [3.63, 3.8) is 0 Å². The third-order valence-corrected chi connectivity index (χ3v) is 3.58. The Labute approximate surface area is 163 Å². The molecule has 0 saturated carbocycles. The molecule has 2 aromatic carbocycles. The van der Waals surface area contributed by atoms with E-state index in [1.165, 1.54) is 6.08 Å².